The molecule has 0 amide bonds. The number of hydrogen-bond donors (Lipinski definition) is 1. The van der Waals surface area contributed by atoms with Crippen LogP contribution in [0.15, 0.2) is 158 Å². The number of fused-ring (bicyclic) bond motifs is 1. The number of benzene rings is 6. The van der Waals surface area contributed by atoms with Crippen LogP contribution in [0, 0.1) is 6.07 Å². The van der Waals surface area contributed by atoms with E-state index in [1.165, 1.54) is 21.9 Å². The largest absolute Gasteiger partial charge is 0.507 e. The SMILES string of the molecule is CC(C)(C)c1cc(-c2cc(-c3ccccc3)cc(-c3cc(C(C)(C)C)cc(C(C)(C)C)c3O)n2)[c-]c(N(c2ccccc2)c2cc(Cc3cccc4ccccc34)ccn2)c1.[Pt]. The number of para-hydroxylation sites is 1. The van der Waals surface area contributed by atoms with Crippen LogP contribution in [0.4, 0.5) is 17.2 Å². The van der Waals surface area contributed by atoms with Crippen molar-refractivity contribution in [2.24, 2.45) is 0 Å². The fourth-order valence-electron chi connectivity index (χ4n) is 8.02. The van der Waals surface area contributed by atoms with Crippen molar-refractivity contribution in [1.29, 1.82) is 0 Å². The third kappa shape index (κ3) is 9.47. The smallest absolute Gasteiger partial charge is 0.136 e. The van der Waals surface area contributed by atoms with Gasteiger partial charge in [-0.25, -0.2) is 4.98 Å². The maximum absolute atomic E-state index is 12.1. The van der Waals surface area contributed by atoms with Crippen molar-refractivity contribution in [1.82, 2.24) is 9.97 Å². The van der Waals surface area contributed by atoms with E-state index < -0.39 is 0 Å². The van der Waals surface area contributed by atoms with Crippen molar-refractivity contribution in [3.05, 3.63) is 192 Å². The second kappa shape index (κ2) is 17.5. The molecule has 0 aliphatic carbocycles. The van der Waals surface area contributed by atoms with Crippen molar-refractivity contribution in [3.63, 3.8) is 0 Å². The molecule has 62 heavy (non-hydrogen) atoms. The average molecular weight is 994 g/mol. The Morgan fingerprint density at radius 2 is 1.21 bits per heavy atom. The van der Waals surface area contributed by atoms with Gasteiger partial charge in [-0.15, -0.1) is 29.3 Å². The van der Waals surface area contributed by atoms with Crippen LogP contribution in [0.1, 0.15) is 90.1 Å². The molecule has 2 heterocycles. The zero-order chi connectivity index (χ0) is 43.1. The summed E-state index contributed by atoms with van der Waals surface area (Å²) in [6.07, 6.45) is 2.69. The van der Waals surface area contributed by atoms with Crippen LogP contribution in [-0.2, 0) is 43.7 Å². The summed E-state index contributed by atoms with van der Waals surface area (Å²) in [5.41, 5.74) is 12.0. The topological polar surface area (TPSA) is 49.3 Å². The van der Waals surface area contributed by atoms with Crippen molar-refractivity contribution in [2.45, 2.75) is 85.0 Å². The molecule has 0 atom stereocenters. The zero-order valence-corrected chi connectivity index (χ0v) is 39.6. The normalized spacial score (nSPS) is 12.0. The molecule has 0 bridgehead atoms. The maximum Gasteiger partial charge on any atom is 0.136 e. The Balaban J connectivity index is 0.00000578. The number of anilines is 3. The van der Waals surface area contributed by atoms with E-state index in [1.807, 2.05) is 18.3 Å². The monoisotopic (exact) mass is 993 g/mol. The first-order valence-electron chi connectivity index (χ1n) is 21.3. The first kappa shape index (κ1) is 44.2. The molecular formula is C57H56N3OPt-. The van der Waals surface area contributed by atoms with Crippen LogP contribution in [0.5, 0.6) is 5.75 Å². The Morgan fingerprint density at radius 3 is 1.90 bits per heavy atom. The van der Waals surface area contributed by atoms with Crippen LogP contribution >= 0.6 is 0 Å². The predicted molar refractivity (Wildman–Crippen MR) is 256 cm³/mol. The van der Waals surface area contributed by atoms with Gasteiger partial charge in [-0.05, 0) is 109 Å². The summed E-state index contributed by atoms with van der Waals surface area (Å²) in [7, 11) is 0. The van der Waals surface area contributed by atoms with Crippen molar-refractivity contribution in [3.8, 4) is 39.4 Å². The van der Waals surface area contributed by atoms with Crippen LogP contribution in [0.3, 0.4) is 0 Å². The van der Waals surface area contributed by atoms with E-state index in [9.17, 15) is 5.11 Å². The summed E-state index contributed by atoms with van der Waals surface area (Å²) in [4.78, 5) is 12.7. The molecule has 0 saturated heterocycles. The van der Waals surface area contributed by atoms with E-state index in [2.05, 4.69) is 213 Å². The minimum absolute atomic E-state index is 0. The van der Waals surface area contributed by atoms with Crippen LogP contribution in [0.25, 0.3) is 44.4 Å². The molecule has 4 nitrogen and oxygen atoms in total. The number of aromatic hydroxyl groups is 1. The molecule has 8 rings (SSSR count). The Kier molecular flexibility index (Phi) is 12.5. The maximum atomic E-state index is 12.1. The summed E-state index contributed by atoms with van der Waals surface area (Å²) in [5.74, 6) is 1.07. The molecule has 2 aromatic heterocycles. The third-order valence-corrected chi connectivity index (χ3v) is 11.6. The fraction of sp³-hybridized carbons (Fsp3) is 0.228. The molecule has 5 heteroatoms. The Morgan fingerprint density at radius 1 is 0.581 bits per heavy atom. The first-order chi connectivity index (χ1) is 29.0. The number of aromatic nitrogens is 2. The Bertz CT molecular complexity index is 2840. The standard InChI is InChI=1S/C57H56N3O.Pt/c1-55(2,3)44-31-43(51-33-42(39-19-12-10-13-20-39)34-52(59-51)49-36-45(56(4,5)6)37-50(54(49)61)57(7,8)9)32-47(35-44)60(46-24-14-11-15-25-46)53-30-38(27-28-58-53)29-41-23-18-22-40-21-16-17-26-48(40)41;/h10-28,30-31,33-37,61H,29H2,1-9H3;/q-1;. The Hall–Kier alpha value is -5.83. The van der Waals surface area contributed by atoms with Crippen molar-refractivity contribution >= 4 is 28.0 Å². The average Bonchev–Trinajstić information content (AvgIpc) is 3.23. The number of pyridine rings is 2. The number of phenols is 1. The van der Waals surface area contributed by atoms with Gasteiger partial charge in [0, 0.05) is 44.1 Å². The van der Waals surface area contributed by atoms with Gasteiger partial charge in [0.1, 0.15) is 11.6 Å². The summed E-state index contributed by atoms with van der Waals surface area (Å²) in [6, 6.07) is 57.2. The van der Waals surface area contributed by atoms with E-state index >= 15 is 0 Å². The fourth-order valence-corrected chi connectivity index (χ4v) is 8.02. The molecule has 0 aliphatic rings. The van der Waals surface area contributed by atoms with Crippen LogP contribution in [-0.4, -0.2) is 15.1 Å². The summed E-state index contributed by atoms with van der Waals surface area (Å²) in [5, 5.41) is 14.6. The molecule has 0 saturated carbocycles. The van der Waals surface area contributed by atoms with Crippen molar-refractivity contribution < 1.29 is 26.2 Å². The van der Waals surface area contributed by atoms with Crippen molar-refractivity contribution in [2.75, 3.05) is 4.90 Å². The molecule has 0 spiro atoms. The number of rotatable bonds is 8. The molecule has 1 N–H and O–H groups in total. The van der Waals surface area contributed by atoms with Gasteiger partial charge in [-0.3, -0.25) is 4.98 Å². The predicted octanol–water partition coefficient (Wildman–Crippen LogP) is 15.1. The summed E-state index contributed by atoms with van der Waals surface area (Å²) >= 11 is 0. The molecule has 8 aromatic rings. The van der Waals surface area contributed by atoms with Gasteiger partial charge in [0.2, 0.25) is 0 Å². The molecule has 316 valence electrons. The zero-order valence-electron chi connectivity index (χ0n) is 37.3. The van der Waals surface area contributed by atoms with Gasteiger partial charge < -0.3 is 10.0 Å². The molecule has 6 aromatic carbocycles. The van der Waals surface area contributed by atoms with Gasteiger partial charge in [-0.2, -0.15) is 0 Å². The Labute approximate surface area is 383 Å². The molecule has 0 unspecified atom stereocenters. The van der Waals surface area contributed by atoms with Gasteiger partial charge in [-0.1, -0.05) is 165 Å². The summed E-state index contributed by atoms with van der Waals surface area (Å²) < 4.78 is 0. The van der Waals surface area contributed by atoms with Gasteiger partial charge >= 0.3 is 0 Å². The molecule has 0 fully saturated rings. The van der Waals surface area contributed by atoms with Crippen LogP contribution in [0.2, 0.25) is 0 Å². The summed E-state index contributed by atoms with van der Waals surface area (Å²) in [6.45, 7) is 19.8. The van der Waals surface area contributed by atoms with E-state index in [1.54, 1.807) is 0 Å². The first-order valence-corrected chi connectivity index (χ1v) is 21.3. The van der Waals surface area contributed by atoms with Gasteiger partial charge in [0.05, 0.1) is 5.69 Å². The van der Waals surface area contributed by atoms with E-state index in [0.717, 1.165) is 68.3 Å². The van der Waals surface area contributed by atoms with E-state index in [0.29, 0.717) is 5.69 Å². The molecular weight excluding hydrogens is 938 g/mol. The van der Waals surface area contributed by atoms with Crippen LogP contribution < -0.4 is 4.90 Å². The van der Waals surface area contributed by atoms with Gasteiger partial charge in [0.25, 0.3) is 0 Å². The van der Waals surface area contributed by atoms with E-state index in [-0.39, 0.29) is 43.1 Å². The number of phenolic OH excluding ortho intramolecular Hbond substituents is 1. The molecule has 0 aliphatic heterocycles. The minimum Gasteiger partial charge on any atom is -0.507 e. The molecule has 0 radical (unpaired) electrons. The number of hydrogen-bond acceptors (Lipinski definition) is 4. The minimum atomic E-state index is -0.287. The second-order valence-electron chi connectivity index (χ2n) is 19.3. The van der Waals surface area contributed by atoms with E-state index in [4.69, 9.17) is 9.97 Å². The number of nitrogens with zero attached hydrogens (tertiary/aromatic N) is 3. The quantitative estimate of drug-likeness (QED) is 0.154. The third-order valence-electron chi connectivity index (χ3n) is 11.6. The second-order valence-corrected chi connectivity index (χ2v) is 19.3. The van der Waals surface area contributed by atoms with Gasteiger partial charge in [0.15, 0.2) is 0 Å².